The van der Waals surface area contributed by atoms with Crippen LogP contribution in [0.2, 0.25) is 15.1 Å². The number of halogens is 3. The number of carboxylic acids is 1. The maximum absolute atomic E-state index is 12.3. The maximum Gasteiger partial charge on any atom is 0.339 e. The molecule has 0 aromatic heterocycles. The van der Waals surface area contributed by atoms with Crippen LogP contribution in [0.1, 0.15) is 15.9 Å². The van der Waals surface area contributed by atoms with E-state index in [4.69, 9.17) is 34.8 Å². The highest BCUT2D eigenvalue weighted by molar-refractivity contribution is 8.00. The third kappa shape index (κ3) is 6.80. The van der Waals surface area contributed by atoms with E-state index in [1.807, 2.05) is 48.5 Å². The molecule has 0 saturated heterocycles. The van der Waals surface area contributed by atoms with Gasteiger partial charge in [-0.3, -0.25) is 4.79 Å². The molecule has 0 spiro atoms. The molecule has 0 aliphatic rings. The van der Waals surface area contributed by atoms with E-state index in [0.717, 1.165) is 16.1 Å². The number of amides is 1. The van der Waals surface area contributed by atoms with Crippen molar-refractivity contribution >= 4 is 69.8 Å². The summed E-state index contributed by atoms with van der Waals surface area (Å²) in [6, 6.07) is 18.0. The zero-order valence-electron chi connectivity index (χ0n) is 16.0. The predicted molar refractivity (Wildman–Crippen MR) is 128 cm³/mol. The number of benzene rings is 3. The summed E-state index contributed by atoms with van der Waals surface area (Å²) in [6.45, 7) is 0.667. The van der Waals surface area contributed by atoms with E-state index in [9.17, 15) is 14.7 Å². The largest absolute Gasteiger partial charge is 0.478 e. The molecule has 0 aliphatic heterocycles. The van der Waals surface area contributed by atoms with E-state index in [-0.39, 0.29) is 33.0 Å². The number of carbonyl (C=O) groups is 2. The molecule has 3 N–H and O–H groups in total. The summed E-state index contributed by atoms with van der Waals surface area (Å²) in [6.07, 6.45) is 0. The molecule has 0 unspecified atom stereocenters. The van der Waals surface area contributed by atoms with Crippen molar-refractivity contribution in [2.75, 3.05) is 16.4 Å². The van der Waals surface area contributed by atoms with Gasteiger partial charge in [-0.05, 0) is 54.1 Å². The molecule has 0 heterocycles. The van der Waals surface area contributed by atoms with E-state index in [1.165, 1.54) is 23.9 Å². The fourth-order valence-corrected chi connectivity index (χ4v) is 4.10. The predicted octanol–water partition coefficient (Wildman–Crippen LogP) is 6.69. The summed E-state index contributed by atoms with van der Waals surface area (Å²) in [5.74, 6) is -1.51. The topological polar surface area (TPSA) is 78.4 Å². The van der Waals surface area contributed by atoms with Gasteiger partial charge >= 0.3 is 5.97 Å². The fraction of sp³-hybridized carbons (Fsp3) is 0.0909. The molecular formula is C22H17Cl3N2O3S. The second-order valence-corrected chi connectivity index (χ2v) is 8.79. The Bertz CT molecular complexity index is 1090. The molecule has 0 fully saturated rings. The Morgan fingerprint density at radius 1 is 0.903 bits per heavy atom. The minimum atomic E-state index is -1.24. The number of hydrogen-bond acceptors (Lipinski definition) is 4. The lowest BCUT2D eigenvalue weighted by molar-refractivity contribution is -0.113. The Hall–Kier alpha value is -2.38. The Kier molecular flexibility index (Phi) is 8.09. The van der Waals surface area contributed by atoms with Crippen molar-refractivity contribution < 1.29 is 14.7 Å². The first kappa shape index (κ1) is 23.3. The van der Waals surface area contributed by atoms with Gasteiger partial charge in [-0.2, -0.15) is 0 Å². The highest BCUT2D eigenvalue weighted by Crippen LogP contribution is 2.30. The Morgan fingerprint density at radius 2 is 1.58 bits per heavy atom. The summed E-state index contributed by atoms with van der Waals surface area (Å²) in [5.41, 5.74) is 1.93. The number of anilines is 2. The number of hydrogen-bond donors (Lipinski definition) is 3. The lowest BCUT2D eigenvalue weighted by atomic mass is 10.1. The average molecular weight is 496 g/mol. The van der Waals surface area contributed by atoms with Crippen LogP contribution in [-0.2, 0) is 11.3 Å². The van der Waals surface area contributed by atoms with Crippen LogP contribution in [0.4, 0.5) is 11.4 Å². The number of thioether (sulfide) groups is 1. The average Bonchev–Trinajstić information content (AvgIpc) is 2.72. The van der Waals surface area contributed by atoms with Gasteiger partial charge in [0, 0.05) is 27.2 Å². The molecule has 1 amide bonds. The van der Waals surface area contributed by atoms with Gasteiger partial charge in [0.25, 0.3) is 0 Å². The summed E-state index contributed by atoms with van der Waals surface area (Å²) in [7, 11) is 0. The van der Waals surface area contributed by atoms with Crippen molar-refractivity contribution in [2.45, 2.75) is 11.4 Å². The normalized spacial score (nSPS) is 10.5. The van der Waals surface area contributed by atoms with Gasteiger partial charge in [0.05, 0.1) is 16.5 Å². The van der Waals surface area contributed by atoms with Gasteiger partial charge in [0.1, 0.15) is 5.56 Å². The van der Waals surface area contributed by atoms with Crippen LogP contribution in [0.3, 0.4) is 0 Å². The minimum absolute atomic E-state index is 0.0374. The summed E-state index contributed by atoms with van der Waals surface area (Å²) < 4.78 is 0. The van der Waals surface area contributed by atoms with Crippen LogP contribution in [0, 0.1) is 0 Å². The molecule has 0 radical (unpaired) electrons. The second kappa shape index (κ2) is 10.8. The van der Waals surface area contributed by atoms with E-state index < -0.39 is 5.97 Å². The zero-order valence-corrected chi connectivity index (χ0v) is 19.1. The van der Waals surface area contributed by atoms with Gasteiger partial charge in [-0.15, -0.1) is 11.8 Å². The van der Waals surface area contributed by atoms with Gasteiger partial charge in [-0.1, -0.05) is 46.9 Å². The highest BCUT2D eigenvalue weighted by atomic mass is 35.5. The molecule has 3 aromatic rings. The van der Waals surface area contributed by atoms with E-state index in [2.05, 4.69) is 10.6 Å². The van der Waals surface area contributed by atoms with Crippen LogP contribution in [0.15, 0.2) is 65.6 Å². The number of aromatic carboxylic acids is 1. The van der Waals surface area contributed by atoms with Gasteiger partial charge < -0.3 is 15.7 Å². The Balaban J connectivity index is 1.54. The van der Waals surface area contributed by atoms with Crippen LogP contribution < -0.4 is 10.6 Å². The SMILES string of the molecule is O=C(CSc1ccc(NCc2ccc(Cl)cc2)cc1)Nc1cc(Cl)cc(Cl)c1C(=O)O. The Morgan fingerprint density at radius 3 is 2.23 bits per heavy atom. The lowest BCUT2D eigenvalue weighted by Crippen LogP contribution is -2.17. The molecule has 3 aromatic carbocycles. The molecule has 0 atom stereocenters. The van der Waals surface area contributed by atoms with Gasteiger partial charge in [0.15, 0.2) is 0 Å². The molecule has 160 valence electrons. The van der Waals surface area contributed by atoms with Crippen LogP contribution in [0.25, 0.3) is 0 Å². The third-order valence-electron chi connectivity index (χ3n) is 4.18. The highest BCUT2D eigenvalue weighted by Gasteiger charge is 2.18. The van der Waals surface area contributed by atoms with Crippen molar-refractivity contribution in [1.29, 1.82) is 0 Å². The lowest BCUT2D eigenvalue weighted by Gasteiger charge is -2.11. The monoisotopic (exact) mass is 494 g/mol. The molecule has 0 aliphatic carbocycles. The molecule has 5 nitrogen and oxygen atoms in total. The second-order valence-electron chi connectivity index (χ2n) is 6.46. The van der Waals surface area contributed by atoms with Gasteiger partial charge in [0.2, 0.25) is 5.91 Å². The van der Waals surface area contributed by atoms with Gasteiger partial charge in [-0.25, -0.2) is 4.79 Å². The van der Waals surface area contributed by atoms with Crippen LogP contribution in [0.5, 0.6) is 0 Å². The van der Waals surface area contributed by atoms with E-state index in [1.54, 1.807) is 0 Å². The van der Waals surface area contributed by atoms with Crippen LogP contribution in [-0.4, -0.2) is 22.7 Å². The number of carboxylic acid groups (broad SMARTS) is 1. The molecule has 31 heavy (non-hydrogen) atoms. The zero-order chi connectivity index (χ0) is 22.4. The molecule has 0 bridgehead atoms. The smallest absolute Gasteiger partial charge is 0.339 e. The van der Waals surface area contributed by atoms with E-state index in [0.29, 0.717) is 11.6 Å². The summed E-state index contributed by atoms with van der Waals surface area (Å²) in [4.78, 5) is 24.6. The number of carbonyl (C=O) groups excluding carboxylic acids is 1. The molecule has 0 saturated carbocycles. The van der Waals surface area contributed by atoms with Crippen molar-refractivity contribution in [3.8, 4) is 0 Å². The number of rotatable bonds is 8. The van der Waals surface area contributed by atoms with Crippen LogP contribution >= 0.6 is 46.6 Å². The first-order chi connectivity index (χ1) is 14.8. The standard InChI is InChI=1S/C22H17Cl3N2O3S/c23-14-3-1-13(2-4-14)11-26-16-5-7-17(8-6-16)31-12-20(28)27-19-10-15(24)9-18(25)21(19)22(29)30/h1-10,26H,11-12H2,(H,27,28)(H,29,30). The fourth-order valence-electron chi connectivity index (χ4n) is 2.70. The van der Waals surface area contributed by atoms with Crippen molar-refractivity contribution in [3.63, 3.8) is 0 Å². The third-order valence-corrected chi connectivity index (χ3v) is 5.96. The number of nitrogens with one attached hydrogen (secondary N) is 2. The quantitative estimate of drug-likeness (QED) is 0.303. The van der Waals surface area contributed by atoms with E-state index >= 15 is 0 Å². The minimum Gasteiger partial charge on any atom is -0.478 e. The van der Waals surface area contributed by atoms with Crippen molar-refractivity contribution in [3.05, 3.63) is 86.9 Å². The summed E-state index contributed by atoms with van der Waals surface area (Å²) >= 11 is 19.1. The first-order valence-electron chi connectivity index (χ1n) is 9.05. The first-order valence-corrected chi connectivity index (χ1v) is 11.2. The molecule has 9 heteroatoms. The Labute approximate surface area is 198 Å². The van der Waals surface area contributed by atoms with Crippen molar-refractivity contribution in [1.82, 2.24) is 0 Å². The molecular weight excluding hydrogens is 479 g/mol. The summed E-state index contributed by atoms with van der Waals surface area (Å²) in [5, 5.41) is 16.1. The van der Waals surface area contributed by atoms with Crippen molar-refractivity contribution in [2.24, 2.45) is 0 Å². The molecule has 3 rings (SSSR count). The maximum atomic E-state index is 12.3.